The maximum atomic E-state index is 12.9. The number of anilines is 1. The lowest BCUT2D eigenvalue weighted by Gasteiger charge is -2.11. The maximum absolute atomic E-state index is 12.9. The second kappa shape index (κ2) is 8.80. The van der Waals surface area contributed by atoms with Crippen molar-refractivity contribution in [1.82, 2.24) is 5.32 Å². The average Bonchev–Trinajstić information content (AvgIpc) is 2.62. The SMILES string of the molecule is N#C/C(=C/Nc1ccc(Cl)c(C(F)(F)F)c1)C(=O)NCc1ccc(Cl)cc1. The van der Waals surface area contributed by atoms with Crippen LogP contribution in [-0.2, 0) is 17.5 Å². The van der Waals surface area contributed by atoms with Crippen LogP contribution >= 0.6 is 23.2 Å². The monoisotopic (exact) mass is 413 g/mol. The van der Waals surface area contributed by atoms with E-state index in [1.54, 1.807) is 30.3 Å². The highest BCUT2D eigenvalue weighted by atomic mass is 35.5. The Morgan fingerprint density at radius 2 is 1.81 bits per heavy atom. The number of amides is 1. The Hall–Kier alpha value is -2.69. The summed E-state index contributed by atoms with van der Waals surface area (Å²) in [6.07, 6.45) is -3.59. The van der Waals surface area contributed by atoms with E-state index in [1.165, 1.54) is 6.07 Å². The molecule has 1 amide bonds. The Morgan fingerprint density at radius 3 is 2.41 bits per heavy atom. The number of nitrogens with zero attached hydrogens (tertiary/aromatic N) is 1. The minimum atomic E-state index is -4.62. The lowest BCUT2D eigenvalue weighted by molar-refractivity contribution is -0.137. The number of carbonyl (C=O) groups is 1. The third-order valence-electron chi connectivity index (χ3n) is 3.39. The summed E-state index contributed by atoms with van der Waals surface area (Å²) in [7, 11) is 0. The van der Waals surface area contributed by atoms with E-state index in [2.05, 4.69) is 10.6 Å². The molecule has 2 aromatic rings. The predicted molar refractivity (Wildman–Crippen MR) is 97.1 cm³/mol. The largest absolute Gasteiger partial charge is 0.417 e. The number of carbonyl (C=O) groups excluding carboxylic acids is 1. The summed E-state index contributed by atoms with van der Waals surface area (Å²) in [5.74, 6) is -0.676. The standard InChI is InChI=1S/C18H12Cl2F3N3O/c19-13-3-1-11(2-4-13)9-26-17(27)12(8-24)10-25-14-5-6-16(20)15(7-14)18(21,22)23/h1-7,10,25H,9H2,(H,26,27)/b12-10-. The Kier molecular flexibility index (Phi) is 6.72. The molecular weight excluding hydrogens is 402 g/mol. The van der Waals surface area contributed by atoms with Crippen LogP contribution in [0, 0.1) is 11.3 Å². The molecule has 2 rings (SSSR count). The van der Waals surface area contributed by atoms with Gasteiger partial charge in [-0.25, -0.2) is 0 Å². The lowest BCUT2D eigenvalue weighted by Crippen LogP contribution is -2.24. The summed E-state index contributed by atoms with van der Waals surface area (Å²) < 4.78 is 38.6. The highest BCUT2D eigenvalue weighted by Gasteiger charge is 2.33. The summed E-state index contributed by atoms with van der Waals surface area (Å²) in [5.41, 5.74) is -0.517. The normalized spacial score (nSPS) is 11.6. The van der Waals surface area contributed by atoms with Crippen molar-refractivity contribution in [2.24, 2.45) is 0 Å². The molecule has 0 aliphatic heterocycles. The molecule has 0 aromatic heterocycles. The van der Waals surface area contributed by atoms with Crippen molar-refractivity contribution in [2.45, 2.75) is 12.7 Å². The highest BCUT2D eigenvalue weighted by Crippen LogP contribution is 2.36. The van der Waals surface area contributed by atoms with Gasteiger partial charge in [0.25, 0.3) is 5.91 Å². The molecule has 0 radical (unpaired) electrons. The number of benzene rings is 2. The van der Waals surface area contributed by atoms with Crippen LogP contribution in [0.1, 0.15) is 11.1 Å². The first-order valence-electron chi connectivity index (χ1n) is 7.47. The van der Waals surface area contributed by atoms with Crippen molar-refractivity contribution >= 4 is 34.8 Å². The van der Waals surface area contributed by atoms with Gasteiger partial charge in [-0.15, -0.1) is 0 Å². The van der Waals surface area contributed by atoms with Crippen LogP contribution in [0.2, 0.25) is 10.0 Å². The van der Waals surface area contributed by atoms with Crippen LogP contribution in [0.15, 0.2) is 54.2 Å². The van der Waals surface area contributed by atoms with Crippen LogP contribution in [0.3, 0.4) is 0 Å². The number of rotatable bonds is 5. The van der Waals surface area contributed by atoms with Crippen molar-refractivity contribution in [3.8, 4) is 6.07 Å². The molecule has 0 bridgehead atoms. The van der Waals surface area contributed by atoms with Gasteiger partial charge < -0.3 is 10.6 Å². The molecule has 2 N–H and O–H groups in total. The highest BCUT2D eigenvalue weighted by molar-refractivity contribution is 6.31. The second-order valence-corrected chi connectivity index (χ2v) is 6.16. The van der Waals surface area contributed by atoms with E-state index in [-0.39, 0.29) is 17.8 Å². The fourth-order valence-corrected chi connectivity index (χ4v) is 2.37. The van der Waals surface area contributed by atoms with Crippen LogP contribution in [0.5, 0.6) is 0 Å². The molecule has 0 saturated heterocycles. The van der Waals surface area contributed by atoms with Crippen molar-refractivity contribution < 1.29 is 18.0 Å². The number of alkyl halides is 3. The van der Waals surface area contributed by atoms with Crippen LogP contribution < -0.4 is 10.6 Å². The van der Waals surface area contributed by atoms with Gasteiger partial charge in [0, 0.05) is 23.5 Å². The van der Waals surface area contributed by atoms with Gasteiger partial charge >= 0.3 is 6.18 Å². The molecule has 0 fully saturated rings. The minimum absolute atomic E-state index is 0.0324. The molecule has 2 aromatic carbocycles. The summed E-state index contributed by atoms with van der Waals surface area (Å²) in [6, 6.07) is 11.6. The molecule has 0 aliphatic rings. The first-order chi connectivity index (χ1) is 12.7. The van der Waals surface area contributed by atoms with Gasteiger partial charge in [0.05, 0.1) is 10.6 Å². The molecule has 0 atom stereocenters. The Morgan fingerprint density at radius 1 is 1.15 bits per heavy atom. The molecule has 0 heterocycles. The fraction of sp³-hybridized carbons (Fsp3) is 0.111. The van der Waals surface area contributed by atoms with Gasteiger partial charge in [-0.05, 0) is 35.9 Å². The number of nitrogens with one attached hydrogen (secondary N) is 2. The van der Waals surface area contributed by atoms with Gasteiger partial charge in [-0.3, -0.25) is 4.79 Å². The molecule has 9 heteroatoms. The fourth-order valence-electron chi connectivity index (χ4n) is 2.02. The molecular formula is C18H12Cl2F3N3O. The zero-order valence-electron chi connectivity index (χ0n) is 13.6. The zero-order chi connectivity index (χ0) is 20.0. The summed E-state index contributed by atoms with van der Waals surface area (Å²) in [5, 5.41) is 14.2. The lowest BCUT2D eigenvalue weighted by atomic mass is 10.2. The van der Waals surface area contributed by atoms with Crippen molar-refractivity contribution in [3.63, 3.8) is 0 Å². The molecule has 0 saturated carbocycles. The van der Waals surface area contributed by atoms with Crippen molar-refractivity contribution in [2.75, 3.05) is 5.32 Å². The third-order valence-corrected chi connectivity index (χ3v) is 3.97. The van der Waals surface area contributed by atoms with E-state index in [4.69, 9.17) is 28.5 Å². The summed E-state index contributed by atoms with van der Waals surface area (Å²) in [4.78, 5) is 12.0. The Labute approximate surface area is 163 Å². The number of hydrogen-bond acceptors (Lipinski definition) is 3. The van der Waals surface area contributed by atoms with Crippen molar-refractivity contribution in [3.05, 3.63) is 75.4 Å². The second-order valence-electron chi connectivity index (χ2n) is 5.32. The minimum Gasteiger partial charge on any atom is -0.360 e. The smallest absolute Gasteiger partial charge is 0.360 e. The Bertz CT molecular complexity index is 904. The van der Waals surface area contributed by atoms with Gasteiger partial charge in [-0.2, -0.15) is 18.4 Å². The topological polar surface area (TPSA) is 64.9 Å². The molecule has 4 nitrogen and oxygen atoms in total. The van der Waals surface area contributed by atoms with E-state index >= 15 is 0 Å². The predicted octanol–water partition coefficient (Wildman–Crippen LogP) is 5.15. The molecule has 0 aliphatic carbocycles. The molecule has 0 spiro atoms. The molecule has 0 unspecified atom stereocenters. The first kappa shape index (κ1) is 20.6. The Balaban J connectivity index is 2.06. The van der Waals surface area contributed by atoms with Gasteiger partial charge in [0.15, 0.2) is 0 Å². The summed E-state index contributed by atoms with van der Waals surface area (Å²) >= 11 is 11.3. The summed E-state index contributed by atoms with van der Waals surface area (Å²) in [6.45, 7) is 0.161. The zero-order valence-corrected chi connectivity index (χ0v) is 15.1. The van der Waals surface area contributed by atoms with E-state index < -0.39 is 22.7 Å². The van der Waals surface area contributed by atoms with E-state index in [0.717, 1.165) is 23.9 Å². The van der Waals surface area contributed by atoms with Gasteiger partial charge in [0.2, 0.25) is 0 Å². The quantitative estimate of drug-likeness (QED) is 0.526. The van der Waals surface area contributed by atoms with Crippen LogP contribution in [0.4, 0.5) is 18.9 Å². The number of hydrogen-bond donors (Lipinski definition) is 2. The molecule has 140 valence electrons. The number of nitriles is 1. The van der Waals surface area contributed by atoms with Crippen LogP contribution in [0.25, 0.3) is 0 Å². The number of halogens is 5. The average molecular weight is 414 g/mol. The molecule has 27 heavy (non-hydrogen) atoms. The maximum Gasteiger partial charge on any atom is 0.417 e. The van der Waals surface area contributed by atoms with E-state index in [9.17, 15) is 18.0 Å². The van der Waals surface area contributed by atoms with E-state index in [0.29, 0.717) is 5.02 Å². The van der Waals surface area contributed by atoms with Crippen LogP contribution in [-0.4, -0.2) is 5.91 Å². The van der Waals surface area contributed by atoms with E-state index in [1.807, 2.05) is 0 Å². The third kappa shape index (κ3) is 5.91. The van der Waals surface area contributed by atoms with Gasteiger partial charge in [0.1, 0.15) is 11.6 Å². The first-order valence-corrected chi connectivity index (χ1v) is 8.22. The van der Waals surface area contributed by atoms with Crippen molar-refractivity contribution in [1.29, 1.82) is 5.26 Å². The van der Waals surface area contributed by atoms with Gasteiger partial charge in [-0.1, -0.05) is 35.3 Å².